The van der Waals surface area contributed by atoms with E-state index in [-0.39, 0.29) is 18.0 Å². The second kappa shape index (κ2) is 7.60. The average molecular weight is 359 g/mol. The van der Waals surface area contributed by atoms with Crippen LogP contribution in [0.1, 0.15) is 53.5 Å². The summed E-state index contributed by atoms with van der Waals surface area (Å²) in [6.07, 6.45) is 2.32. The van der Waals surface area contributed by atoms with E-state index in [9.17, 15) is 9.59 Å². The van der Waals surface area contributed by atoms with Gasteiger partial charge in [-0.25, -0.2) is 4.79 Å². The molecule has 7 nitrogen and oxygen atoms in total. The largest absolute Gasteiger partial charge is 0.336 e. The van der Waals surface area contributed by atoms with E-state index in [0.29, 0.717) is 23.2 Å². The first-order valence-corrected chi connectivity index (χ1v) is 9.11. The minimum absolute atomic E-state index is 0.0897. The van der Waals surface area contributed by atoms with E-state index in [4.69, 9.17) is 0 Å². The molecular weight excluding hydrogens is 338 g/mol. The molecule has 25 heavy (non-hydrogen) atoms. The predicted octanol–water partition coefficient (Wildman–Crippen LogP) is 2.88. The van der Waals surface area contributed by atoms with Crippen LogP contribution in [0.4, 0.5) is 9.93 Å². The summed E-state index contributed by atoms with van der Waals surface area (Å²) in [6.45, 7) is 4.21. The van der Waals surface area contributed by atoms with Gasteiger partial charge in [-0.3, -0.25) is 10.1 Å². The topological polar surface area (TPSA) is 96.0 Å². The van der Waals surface area contributed by atoms with Gasteiger partial charge in [0.05, 0.1) is 0 Å². The highest BCUT2D eigenvalue weighted by molar-refractivity contribution is 7.15. The van der Waals surface area contributed by atoms with Crippen molar-refractivity contribution < 1.29 is 9.59 Å². The number of anilines is 1. The number of hydrogen-bond donors (Lipinski definition) is 3. The summed E-state index contributed by atoms with van der Waals surface area (Å²) in [5.41, 5.74) is 1.46. The van der Waals surface area contributed by atoms with Gasteiger partial charge in [-0.1, -0.05) is 23.5 Å². The second-order valence-electron chi connectivity index (χ2n) is 6.35. The molecule has 0 aliphatic heterocycles. The highest BCUT2D eigenvalue weighted by atomic mass is 32.1. The molecule has 1 fully saturated rings. The van der Waals surface area contributed by atoms with E-state index < -0.39 is 0 Å². The summed E-state index contributed by atoms with van der Waals surface area (Å²) in [4.78, 5) is 23.8. The van der Waals surface area contributed by atoms with Crippen molar-refractivity contribution in [2.45, 2.75) is 45.2 Å². The van der Waals surface area contributed by atoms with Gasteiger partial charge in [0.2, 0.25) is 5.13 Å². The number of nitrogens with zero attached hydrogens (tertiary/aromatic N) is 2. The Kier molecular flexibility index (Phi) is 5.28. The first-order chi connectivity index (χ1) is 12.0. The Labute approximate surface area is 150 Å². The van der Waals surface area contributed by atoms with Crippen molar-refractivity contribution >= 4 is 28.4 Å². The minimum Gasteiger partial charge on any atom is -0.336 e. The molecule has 1 aromatic heterocycles. The van der Waals surface area contributed by atoms with Gasteiger partial charge in [0, 0.05) is 24.1 Å². The molecule has 0 atom stereocenters. The third kappa shape index (κ3) is 4.99. The monoisotopic (exact) mass is 359 g/mol. The van der Waals surface area contributed by atoms with Gasteiger partial charge in [0.15, 0.2) is 0 Å². The fourth-order valence-corrected chi connectivity index (χ4v) is 3.13. The molecule has 1 heterocycles. The smallest absolute Gasteiger partial charge is 0.315 e. The van der Waals surface area contributed by atoms with Gasteiger partial charge >= 0.3 is 6.03 Å². The Morgan fingerprint density at radius 1 is 1.20 bits per heavy atom. The summed E-state index contributed by atoms with van der Waals surface area (Å²) < 4.78 is 0. The Balaban J connectivity index is 1.52. The summed E-state index contributed by atoms with van der Waals surface area (Å²) in [7, 11) is 0. The summed E-state index contributed by atoms with van der Waals surface area (Å²) in [5, 5.41) is 18.0. The molecule has 3 amide bonds. The molecule has 0 unspecified atom stereocenters. The van der Waals surface area contributed by atoms with Gasteiger partial charge in [0.25, 0.3) is 5.91 Å². The number of rotatable bonds is 6. The zero-order chi connectivity index (χ0) is 17.8. The third-order valence-electron chi connectivity index (χ3n) is 3.68. The molecule has 1 aliphatic carbocycles. The van der Waals surface area contributed by atoms with Crippen molar-refractivity contribution in [1.82, 2.24) is 20.8 Å². The van der Waals surface area contributed by atoms with E-state index in [2.05, 4.69) is 26.1 Å². The normalized spacial score (nSPS) is 13.6. The summed E-state index contributed by atoms with van der Waals surface area (Å²) in [6, 6.07) is 6.98. The van der Waals surface area contributed by atoms with Crippen LogP contribution in [-0.4, -0.2) is 28.2 Å². The summed E-state index contributed by atoms with van der Waals surface area (Å²) >= 11 is 1.44. The van der Waals surface area contributed by atoms with Gasteiger partial charge in [-0.2, -0.15) is 0 Å². The van der Waals surface area contributed by atoms with Crippen molar-refractivity contribution in [2.24, 2.45) is 0 Å². The number of benzene rings is 1. The molecule has 0 saturated heterocycles. The first kappa shape index (κ1) is 17.3. The lowest BCUT2D eigenvalue weighted by atomic mass is 10.1. The van der Waals surface area contributed by atoms with E-state index >= 15 is 0 Å². The predicted molar refractivity (Wildman–Crippen MR) is 96.8 cm³/mol. The lowest BCUT2D eigenvalue weighted by Gasteiger charge is -2.10. The van der Waals surface area contributed by atoms with Crippen LogP contribution in [0.5, 0.6) is 0 Å². The lowest BCUT2D eigenvalue weighted by Crippen LogP contribution is -2.39. The fourth-order valence-electron chi connectivity index (χ4n) is 2.22. The Hall–Kier alpha value is -2.48. The van der Waals surface area contributed by atoms with Crippen LogP contribution in [0, 0.1) is 0 Å². The quantitative estimate of drug-likeness (QED) is 0.739. The molecule has 0 bridgehead atoms. The molecule has 2 aromatic rings. The number of carbonyl (C=O) groups is 2. The molecule has 3 N–H and O–H groups in total. The number of aromatic nitrogens is 2. The molecule has 132 valence electrons. The molecule has 0 spiro atoms. The number of amides is 3. The lowest BCUT2D eigenvalue weighted by molar-refractivity contribution is 0.102. The maximum Gasteiger partial charge on any atom is 0.315 e. The third-order valence-corrected chi connectivity index (χ3v) is 4.68. The Morgan fingerprint density at radius 3 is 2.56 bits per heavy atom. The van der Waals surface area contributed by atoms with E-state index in [0.717, 1.165) is 23.4 Å². The van der Waals surface area contributed by atoms with Crippen LogP contribution in [0.2, 0.25) is 0 Å². The number of nitrogens with one attached hydrogen (secondary N) is 3. The first-order valence-electron chi connectivity index (χ1n) is 8.29. The minimum atomic E-state index is -0.212. The van der Waals surface area contributed by atoms with E-state index in [1.807, 2.05) is 26.0 Å². The van der Waals surface area contributed by atoms with Crippen molar-refractivity contribution in [2.75, 3.05) is 5.32 Å². The van der Waals surface area contributed by atoms with Crippen LogP contribution >= 0.6 is 11.3 Å². The highest BCUT2D eigenvalue weighted by Crippen LogP contribution is 2.42. The molecule has 3 rings (SSSR count). The summed E-state index contributed by atoms with van der Waals surface area (Å²) in [5.74, 6) is 0.318. The van der Waals surface area contributed by atoms with Gasteiger partial charge in [0.1, 0.15) is 5.01 Å². The van der Waals surface area contributed by atoms with Crippen LogP contribution in [-0.2, 0) is 6.54 Å². The van der Waals surface area contributed by atoms with Crippen LogP contribution < -0.4 is 16.0 Å². The van der Waals surface area contributed by atoms with E-state index in [1.165, 1.54) is 11.3 Å². The Morgan fingerprint density at radius 2 is 1.92 bits per heavy atom. The van der Waals surface area contributed by atoms with Crippen molar-refractivity contribution in [3.8, 4) is 0 Å². The molecular formula is C17H21N5O2S. The zero-order valence-electron chi connectivity index (χ0n) is 14.2. The zero-order valence-corrected chi connectivity index (χ0v) is 15.0. The standard InChI is InChI=1S/C17H21N5O2S/c1-10(2)19-16(24)18-9-11-3-5-12(6-4-11)14(23)20-17-22-21-15(25-17)13-7-8-13/h3-6,10,13H,7-9H2,1-2H3,(H2,18,19,24)(H,20,22,23). The maximum absolute atomic E-state index is 12.3. The van der Waals surface area contributed by atoms with Crippen molar-refractivity contribution in [1.29, 1.82) is 0 Å². The van der Waals surface area contributed by atoms with Crippen LogP contribution in [0.3, 0.4) is 0 Å². The number of urea groups is 1. The molecule has 0 radical (unpaired) electrons. The van der Waals surface area contributed by atoms with E-state index in [1.54, 1.807) is 12.1 Å². The molecule has 1 aliphatic rings. The fraction of sp³-hybridized carbons (Fsp3) is 0.412. The maximum atomic E-state index is 12.3. The van der Waals surface area contributed by atoms with Gasteiger partial charge < -0.3 is 10.6 Å². The Bertz CT molecular complexity index is 753. The van der Waals surface area contributed by atoms with Crippen molar-refractivity contribution in [3.63, 3.8) is 0 Å². The van der Waals surface area contributed by atoms with Crippen LogP contribution in [0.25, 0.3) is 0 Å². The number of carbonyl (C=O) groups excluding carboxylic acids is 2. The molecule has 8 heteroatoms. The van der Waals surface area contributed by atoms with Crippen LogP contribution in [0.15, 0.2) is 24.3 Å². The van der Waals surface area contributed by atoms with Crippen molar-refractivity contribution in [3.05, 3.63) is 40.4 Å². The van der Waals surface area contributed by atoms with Gasteiger partial charge in [-0.15, -0.1) is 10.2 Å². The molecule has 1 saturated carbocycles. The second-order valence-corrected chi connectivity index (χ2v) is 7.36. The highest BCUT2D eigenvalue weighted by Gasteiger charge is 2.27. The molecule has 1 aromatic carbocycles. The number of hydrogen-bond acceptors (Lipinski definition) is 5. The average Bonchev–Trinajstić information content (AvgIpc) is 3.33. The van der Waals surface area contributed by atoms with Gasteiger partial charge in [-0.05, 0) is 44.4 Å². The SMILES string of the molecule is CC(C)NC(=O)NCc1ccc(C(=O)Nc2nnc(C3CC3)s2)cc1.